The van der Waals surface area contributed by atoms with E-state index in [4.69, 9.17) is 4.74 Å². The van der Waals surface area contributed by atoms with Gasteiger partial charge in [0.05, 0.1) is 18.1 Å². The van der Waals surface area contributed by atoms with E-state index in [1.54, 1.807) is 28.0 Å². The number of hydrogen-bond acceptors (Lipinski definition) is 4. The van der Waals surface area contributed by atoms with Crippen LogP contribution in [0.15, 0.2) is 53.4 Å². The summed E-state index contributed by atoms with van der Waals surface area (Å²) in [4.78, 5) is 12.0. The molecule has 0 spiro atoms. The number of ether oxygens (including phenoxy) is 1. The van der Waals surface area contributed by atoms with Gasteiger partial charge in [0.25, 0.3) is 0 Å². The molecule has 24 heavy (non-hydrogen) atoms. The average molecular weight is 390 g/mol. The van der Waals surface area contributed by atoms with Crippen molar-refractivity contribution in [1.82, 2.24) is 19.6 Å². The summed E-state index contributed by atoms with van der Waals surface area (Å²) in [7, 11) is 0. The van der Waals surface area contributed by atoms with E-state index in [1.807, 2.05) is 37.3 Å². The van der Waals surface area contributed by atoms with Gasteiger partial charge in [0.2, 0.25) is 5.91 Å². The molecule has 1 aromatic carbocycles. The van der Waals surface area contributed by atoms with Gasteiger partial charge >= 0.3 is 0 Å². The zero-order valence-corrected chi connectivity index (χ0v) is 14.6. The molecule has 0 fully saturated rings. The zero-order chi connectivity index (χ0) is 16.9. The summed E-state index contributed by atoms with van der Waals surface area (Å²) in [6.45, 7) is 2.33. The third-order valence-corrected chi connectivity index (χ3v) is 3.85. The Hall–Kier alpha value is -2.61. The number of nitrogens with zero attached hydrogens (tertiary/aromatic N) is 4. The quantitative estimate of drug-likeness (QED) is 0.703. The van der Waals surface area contributed by atoms with Gasteiger partial charge in [0, 0.05) is 16.4 Å². The summed E-state index contributed by atoms with van der Waals surface area (Å²) in [6.07, 6.45) is 4.96. The second-order valence-corrected chi connectivity index (χ2v) is 6.09. The van der Waals surface area contributed by atoms with Crippen molar-refractivity contribution < 1.29 is 9.53 Å². The number of hydrogen-bond donors (Lipinski definition) is 1. The Morgan fingerprint density at radius 3 is 2.75 bits per heavy atom. The van der Waals surface area contributed by atoms with Crippen molar-refractivity contribution in [2.75, 3.05) is 5.32 Å². The maximum Gasteiger partial charge on any atom is 0.246 e. The molecule has 8 heteroatoms. The molecule has 7 nitrogen and oxygen atoms in total. The third-order valence-electron chi connectivity index (χ3n) is 3.32. The van der Waals surface area contributed by atoms with Gasteiger partial charge in [0.1, 0.15) is 12.3 Å². The van der Waals surface area contributed by atoms with Crippen molar-refractivity contribution in [3.05, 3.63) is 59.1 Å². The monoisotopic (exact) mass is 389 g/mol. The number of halogens is 1. The van der Waals surface area contributed by atoms with E-state index in [9.17, 15) is 4.79 Å². The van der Waals surface area contributed by atoms with E-state index in [0.717, 1.165) is 15.9 Å². The Balaban J connectivity index is 1.52. The Bertz CT molecular complexity index is 825. The molecule has 3 rings (SSSR count). The number of carbonyl (C=O) groups excluding carboxylic acids is 1. The normalized spacial score (nSPS) is 10.6. The van der Waals surface area contributed by atoms with E-state index in [2.05, 4.69) is 31.4 Å². The van der Waals surface area contributed by atoms with Crippen molar-refractivity contribution in [1.29, 1.82) is 0 Å². The molecule has 0 radical (unpaired) electrons. The van der Waals surface area contributed by atoms with Gasteiger partial charge in [-0.05, 0) is 37.3 Å². The van der Waals surface area contributed by atoms with Crippen LogP contribution in [0.1, 0.15) is 5.69 Å². The fourth-order valence-electron chi connectivity index (χ4n) is 2.07. The molecule has 1 amide bonds. The lowest BCUT2D eigenvalue weighted by Gasteiger charge is -2.06. The average Bonchev–Trinajstić information content (AvgIpc) is 3.16. The minimum Gasteiger partial charge on any atom is -0.471 e. The highest BCUT2D eigenvalue weighted by Gasteiger charge is 2.07. The number of rotatable bonds is 6. The van der Waals surface area contributed by atoms with Crippen molar-refractivity contribution >= 4 is 27.5 Å². The summed E-state index contributed by atoms with van der Waals surface area (Å²) in [5, 5.41) is 11.0. The topological polar surface area (TPSA) is 74.0 Å². The summed E-state index contributed by atoms with van der Waals surface area (Å²) in [6, 6.07) is 9.39. The van der Waals surface area contributed by atoms with Crippen LogP contribution in [-0.4, -0.2) is 25.5 Å². The van der Waals surface area contributed by atoms with Crippen LogP contribution in [-0.2, 0) is 18.1 Å². The number of carbonyl (C=O) groups is 1. The first kappa shape index (κ1) is 16.3. The van der Waals surface area contributed by atoms with Gasteiger partial charge in [-0.25, -0.2) is 4.68 Å². The highest BCUT2D eigenvalue weighted by Crippen LogP contribution is 2.16. The summed E-state index contributed by atoms with van der Waals surface area (Å²) < 4.78 is 9.85. The van der Waals surface area contributed by atoms with Crippen molar-refractivity contribution in [3.8, 4) is 5.75 Å². The van der Waals surface area contributed by atoms with Crippen LogP contribution in [0, 0.1) is 6.92 Å². The largest absolute Gasteiger partial charge is 0.471 e. The Kier molecular flexibility index (Phi) is 4.95. The predicted molar refractivity (Wildman–Crippen MR) is 92.6 cm³/mol. The van der Waals surface area contributed by atoms with E-state index >= 15 is 0 Å². The molecule has 0 aliphatic heterocycles. The maximum absolute atomic E-state index is 12.0. The number of anilines is 1. The molecule has 2 heterocycles. The third kappa shape index (κ3) is 4.23. The minimum absolute atomic E-state index is 0.157. The SMILES string of the molecule is Cc1ccnn1CC(=O)Nc1cnn(COc2ccc(Br)cc2)c1. The molecule has 0 atom stereocenters. The van der Waals surface area contributed by atoms with E-state index in [1.165, 1.54) is 0 Å². The molecule has 2 aromatic heterocycles. The molecule has 0 bridgehead atoms. The molecule has 0 aliphatic carbocycles. The molecule has 0 unspecified atom stereocenters. The molecular weight excluding hydrogens is 374 g/mol. The first-order chi connectivity index (χ1) is 11.6. The predicted octanol–water partition coefficient (Wildman–Crippen LogP) is 2.83. The van der Waals surface area contributed by atoms with Crippen LogP contribution >= 0.6 is 15.9 Å². The summed E-state index contributed by atoms with van der Waals surface area (Å²) >= 11 is 3.37. The second-order valence-electron chi connectivity index (χ2n) is 5.17. The van der Waals surface area contributed by atoms with Gasteiger partial charge in [-0.1, -0.05) is 15.9 Å². The number of benzene rings is 1. The van der Waals surface area contributed by atoms with Gasteiger partial charge in [-0.2, -0.15) is 10.2 Å². The summed E-state index contributed by atoms with van der Waals surface area (Å²) in [5.41, 5.74) is 1.55. The van der Waals surface area contributed by atoms with Gasteiger partial charge in [-0.15, -0.1) is 0 Å². The lowest BCUT2D eigenvalue weighted by Crippen LogP contribution is -2.19. The molecule has 3 aromatic rings. The zero-order valence-electron chi connectivity index (χ0n) is 13.0. The number of aromatic nitrogens is 4. The molecule has 0 saturated heterocycles. The standard InChI is InChI=1S/C16H16BrN5O2/c1-12-6-7-18-22(12)10-16(23)20-14-8-19-21(9-14)11-24-15-4-2-13(17)3-5-15/h2-9H,10-11H2,1H3,(H,20,23). The molecular formula is C16H16BrN5O2. The van der Waals surface area contributed by atoms with Gasteiger partial charge < -0.3 is 10.1 Å². The van der Waals surface area contributed by atoms with Crippen LogP contribution < -0.4 is 10.1 Å². The number of nitrogens with one attached hydrogen (secondary N) is 1. The van der Waals surface area contributed by atoms with Crippen LogP contribution in [0.5, 0.6) is 5.75 Å². The van der Waals surface area contributed by atoms with Crippen molar-refractivity contribution in [3.63, 3.8) is 0 Å². The van der Waals surface area contributed by atoms with Crippen molar-refractivity contribution in [2.24, 2.45) is 0 Å². The van der Waals surface area contributed by atoms with Crippen LogP contribution in [0.4, 0.5) is 5.69 Å². The highest BCUT2D eigenvalue weighted by atomic mass is 79.9. The van der Waals surface area contributed by atoms with E-state index in [0.29, 0.717) is 5.69 Å². The first-order valence-electron chi connectivity index (χ1n) is 7.29. The lowest BCUT2D eigenvalue weighted by atomic mass is 10.3. The Morgan fingerprint density at radius 2 is 2.04 bits per heavy atom. The second kappa shape index (κ2) is 7.31. The molecule has 124 valence electrons. The van der Waals surface area contributed by atoms with Crippen LogP contribution in [0.25, 0.3) is 0 Å². The van der Waals surface area contributed by atoms with Crippen LogP contribution in [0.3, 0.4) is 0 Å². The van der Waals surface area contributed by atoms with E-state index < -0.39 is 0 Å². The molecule has 0 aliphatic rings. The maximum atomic E-state index is 12.0. The van der Waals surface area contributed by atoms with Gasteiger partial charge in [0.15, 0.2) is 6.73 Å². The lowest BCUT2D eigenvalue weighted by molar-refractivity contribution is -0.116. The summed E-state index contributed by atoms with van der Waals surface area (Å²) in [5.74, 6) is 0.587. The fraction of sp³-hybridized carbons (Fsp3) is 0.188. The Labute approximate surface area is 147 Å². The first-order valence-corrected chi connectivity index (χ1v) is 8.08. The number of amides is 1. The Morgan fingerprint density at radius 1 is 1.25 bits per heavy atom. The number of aryl methyl sites for hydroxylation is 1. The van der Waals surface area contributed by atoms with Crippen LogP contribution in [0.2, 0.25) is 0 Å². The smallest absolute Gasteiger partial charge is 0.246 e. The van der Waals surface area contributed by atoms with Crippen molar-refractivity contribution in [2.45, 2.75) is 20.2 Å². The van der Waals surface area contributed by atoms with E-state index in [-0.39, 0.29) is 19.2 Å². The molecule has 1 N–H and O–H groups in total. The fourth-order valence-corrected chi connectivity index (χ4v) is 2.34. The molecule has 0 saturated carbocycles. The van der Waals surface area contributed by atoms with Gasteiger partial charge in [-0.3, -0.25) is 9.48 Å². The highest BCUT2D eigenvalue weighted by molar-refractivity contribution is 9.10. The minimum atomic E-state index is -0.157.